The molecule has 0 aromatic heterocycles. The number of amides is 2. The predicted molar refractivity (Wildman–Crippen MR) is 94.5 cm³/mol. The number of hydrogen-bond acceptors (Lipinski definition) is 2. The van der Waals surface area contributed by atoms with Crippen molar-refractivity contribution < 1.29 is 14.7 Å². The van der Waals surface area contributed by atoms with Gasteiger partial charge < -0.3 is 15.7 Å². The second-order valence-corrected chi connectivity index (χ2v) is 6.90. The van der Waals surface area contributed by atoms with Crippen LogP contribution in [0.3, 0.4) is 0 Å². The number of terminal acetylenes is 1. The van der Waals surface area contributed by atoms with Gasteiger partial charge in [0.15, 0.2) is 0 Å². The average molecular weight is 330 g/mol. The fraction of sp³-hybridized carbons (Fsp3) is 0.474. The largest absolute Gasteiger partial charge is 0.481 e. The summed E-state index contributed by atoms with van der Waals surface area (Å²) in [6, 6.07) is 8.58. The Hall–Kier alpha value is -2.48. The van der Waals surface area contributed by atoms with Crippen LogP contribution in [0.5, 0.6) is 0 Å². The molecule has 0 aliphatic rings. The van der Waals surface area contributed by atoms with Crippen molar-refractivity contribution in [2.45, 2.75) is 52.1 Å². The van der Waals surface area contributed by atoms with Crippen molar-refractivity contribution in [3.8, 4) is 12.3 Å². The fourth-order valence-electron chi connectivity index (χ4n) is 2.29. The van der Waals surface area contributed by atoms with E-state index in [9.17, 15) is 9.59 Å². The maximum absolute atomic E-state index is 12.2. The van der Waals surface area contributed by atoms with Gasteiger partial charge in [0.25, 0.3) is 0 Å². The number of carbonyl (C=O) groups is 2. The number of carboxylic acids is 1. The zero-order valence-corrected chi connectivity index (χ0v) is 14.5. The highest BCUT2D eigenvalue weighted by Crippen LogP contribution is 2.18. The van der Waals surface area contributed by atoms with E-state index in [1.807, 2.05) is 51.1 Å². The first kappa shape index (κ1) is 19.6. The van der Waals surface area contributed by atoms with Crippen molar-refractivity contribution in [1.29, 1.82) is 0 Å². The number of aliphatic carboxylic acids is 1. The van der Waals surface area contributed by atoms with E-state index in [0.717, 1.165) is 5.56 Å². The van der Waals surface area contributed by atoms with Crippen LogP contribution < -0.4 is 10.6 Å². The lowest BCUT2D eigenvalue weighted by atomic mass is 9.87. The first-order chi connectivity index (χ1) is 11.2. The third-order valence-electron chi connectivity index (χ3n) is 3.67. The summed E-state index contributed by atoms with van der Waals surface area (Å²) in [5.41, 5.74) is 0.778. The van der Waals surface area contributed by atoms with E-state index in [2.05, 4.69) is 16.6 Å². The number of benzene rings is 1. The molecule has 0 heterocycles. The highest BCUT2D eigenvalue weighted by Gasteiger charge is 2.25. The Bertz CT molecular complexity index is 585. The molecule has 0 aliphatic heterocycles. The summed E-state index contributed by atoms with van der Waals surface area (Å²) >= 11 is 0. The highest BCUT2D eigenvalue weighted by molar-refractivity contribution is 5.75. The highest BCUT2D eigenvalue weighted by atomic mass is 16.4. The van der Waals surface area contributed by atoms with Gasteiger partial charge in [-0.25, -0.2) is 4.79 Å². The zero-order chi connectivity index (χ0) is 18.2. The maximum atomic E-state index is 12.2. The average Bonchev–Trinajstić information content (AvgIpc) is 2.50. The number of rotatable bonds is 7. The van der Waals surface area contributed by atoms with Gasteiger partial charge in [0, 0.05) is 12.5 Å². The second-order valence-electron chi connectivity index (χ2n) is 6.90. The molecule has 1 rings (SSSR count). The molecule has 130 valence electrons. The molecule has 1 aromatic rings. The minimum atomic E-state index is -0.883. The molecule has 2 atom stereocenters. The third kappa shape index (κ3) is 7.19. The summed E-state index contributed by atoms with van der Waals surface area (Å²) in [7, 11) is 0. The van der Waals surface area contributed by atoms with E-state index >= 15 is 0 Å². The summed E-state index contributed by atoms with van der Waals surface area (Å²) in [4.78, 5) is 23.1. The molecule has 2 unspecified atom stereocenters. The van der Waals surface area contributed by atoms with Crippen LogP contribution in [0.15, 0.2) is 30.3 Å². The van der Waals surface area contributed by atoms with Gasteiger partial charge in [-0.15, -0.1) is 6.42 Å². The van der Waals surface area contributed by atoms with E-state index in [0.29, 0.717) is 12.8 Å². The monoisotopic (exact) mass is 330 g/mol. The Labute approximate surface area is 143 Å². The van der Waals surface area contributed by atoms with Gasteiger partial charge in [0.05, 0.1) is 6.04 Å². The van der Waals surface area contributed by atoms with Crippen LogP contribution in [-0.4, -0.2) is 29.2 Å². The van der Waals surface area contributed by atoms with Crippen LogP contribution in [0.2, 0.25) is 0 Å². The molecule has 0 bridgehead atoms. The Morgan fingerprint density at radius 2 is 1.83 bits per heavy atom. The molecular weight excluding hydrogens is 304 g/mol. The van der Waals surface area contributed by atoms with Crippen LogP contribution in [0.4, 0.5) is 4.79 Å². The van der Waals surface area contributed by atoms with Crippen molar-refractivity contribution in [1.82, 2.24) is 10.6 Å². The Balaban J connectivity index is 2.71. The van der Waals surface area contributed by atoms with Gasteiger partial charge in [-0.3, -0.25) is 4.79 Å². The lowest BCUT2D eigenvalue weighted by Crippen LogP contribution is -2.50. The maximum Gasteiger partial charge on any atom is 0.316 e. The number of carbonyl (C=O) groups excluding carboxylic acids is 1. The van der Waals surface area contributed by atoms with Crippen molar-refractivity contribution in [2.24, 2.45) is 5.41 Å². The van der Waals surface area contributed by atoms with E-state index in [1.165, 1.54) is 0 Å². The third-order valence-corrected chi connectivity index (χ3v) is 3.67. The van der Waals surface area contributed by atoms with E-state index in [-0.39, 0.29) is 23.9 Å². The second kappa shape index (κ2) is 8.97. The Morgan fingerprint density at radius 3 is 2.33 bits per heavy atom. The molecule has 2 amide bonds. The molecule has 5 heteroatoms. The molecule has 0 aliphatic carbocycles. The number of nitrogens with one attached hydrogen (secondary N) is 2. The minimum Gasteiger partial charge on any atom is -0.481 e. The van der Waals surface area contributed by atoms with E-state index < -0.39 is 12.0 Å². The normalized spacial score (nSPS) is 13.4. The number of hydrogen-bond donors (Lipinski definition) is 3. The fourth-order valence-corrected chi connectivity index (χ4v) is 2.29. The summed E-state index contributed by atoms with van der Waals surface area (Å²) in [6.45, 7) is 5.84. The minimum absolute atomic E-state index is 0.00435. The summed E-state index contributed by atoms with van der Waals surface area (Å²) in [5, 5.41) is 14.5. The van der Waals surface area contributed by atoms with Gasteiger partial charge in [-0.2, -0.15) is 0 Å². The van der Waals surface area contributed by atoms with Crippen LogP contribution in [0.1, 0.15) is 39.2 Å². The molecule has 0 radical (unpaired) electrons. The Morgan fingerprint density at radius 1 is 1.21 bits per heavy atom. The van der Waals surface area contributed by atoms with Crippen LogP contribution in [0, 0.1) is 17.8 Å². The molecular formula is C19H26N2O3. The van der Waals surface area contributed by atoms with Crippen molar-refractivity contribution in [3.05, 3.63) is 35.9 Å². The molecule has 24 heavy (non-hydrogen) atoms. The topological polar surface area (TPSA) is 78.4 Å². The Kier molecular flexibility index (Phi) is 7.31. The van der Waals surface area contributed by atoms with E-state index in [1.54, 1.807) is 0 Å². The lowest BCUT2D eigenvalue weighted by molar-refractivity contribution is -0.137. The van der Waals surface area contributed by atoms with E-state index in [4.69, 9.17) is 11.5 Å². The molecule has 1 aromatic carbocycles. The molecule has 0 saturated carbocycles. The first-order valence-corrected chi connectivity index (χ1v) is 8.01. The summed E-state index contributed by atoms with van der Waals surface area (Å²) in [5.74, 6) is 1.70. The van der Waals surface area contributed by atoms with Gasteiger partial charge in [-0.05, 0) is 23.8 Å². The standard InChI is InChI=1S/C19H26N2O3/c1-5-16(19(2,3)4)21-18(24)20-15(11-12-17(22)23)13-14-9-7-6-8-10-14/h1,6-10,15-16H,11-13H2,2-4H3,(H,22,23)(H2,20,21,24). The van der Waals surface area contributed by atoms with Crippen molar-refractivity contribution >= 4 is 12.0 Å². The van der Waals surface area contributed by atoms with Crippen LogP contribution >= 0.6 is 0 Å². The van der Waals surface area contributed by atoms with Gasteiger partial charge in [0.1, 0.15) is 0 Å². The SMILES string of the molecule is C#CC(NC(=O)NC(CCC(=O)O)Cc1ccccc1)C(C)(C)C. The predicted octanol–water partition coefficient (Wildman–Crippen LogP) is 2.81. The van der Waals surface area contributed by atoms with Crippen molar-refractivity contribution in [2.75, 3.05) is 0 Å². The summed E-state index contributed by atoms with van der Waals surface area (Å²) < 4.78 is 0. The van der Waals surface area contributed by atoms with Gasteiger partial charge in [-0.1, -0.05) is 57.0 Å². The molecule has 3 N–H and O–H groups in total. The number of carboxylic acid groups (broad SMARTS) is 1. The number of urea groups is 1. The van der Waals surface area contributed by atoms with Crippen molar-refractivity contribution in [3.63, 3.8) is 0 Å². The van der Waals surface area contributed by atoms with Gasteiger partial charge in [0.2, 0.25) is 0 Å². The first-order valence-electron chi connectivity index (χ1n) is 8.01. The molecule has 5 nitrogen and oxygen atoms in total. The van der Waals surface area contributed by atoms with Crippen LogP contribution in [0.25, 0.3) is 0 Å². The quantitative estimate of drug-likeness (QED) is 0.673. The molecule has 0 fully saturated rings. The van der Waals surface area contributed by atoms with Gasteiger partial charge >= 0.3 is 12.0 Å². The summed E-state index contributed by atoms with van der Waals surface area (Å²) in [6.07, 6.45) is 6.41. The zero-order valence-electron chi connectivity index (χ0n) is 14.5. The lowest BCUT2D eigenvalue weighted by Gasteiger charge is -2.28. The molecule has 0 saturated heterocycles. The molecule has 0 spiro atoms. The van der Waals surface area contributed by atoms with Crippen LogP contribution in [-0.2, 0) is 11.2 Å². The smallest absolute Gasteiger partial charge is 0.316 e.